The predicted molar refractivity (Wildman–Crippen MR) is 75.2 cm³/mol. The average Bonchev–Trinajstić information content (AvgIpc) is 2.54. The fraction of sp³-hybridized carbons (Fsp3) is 0.231. The number of thioether (sulfide) groups is 1. The van der Waals surface area contributed by atoms with Gasteiger partial charge in [-0.05, 0) is 24.8 Å². The third-order valence-electron chi connectivity index (χ3n) is 1.89. The lowest BCUT2D eigenvalue weighted by molar-refractivity contribution is 1.25. The lowest BCUT2D eigenvalue weighted by Gasteiger charge is -1.98. The summed E-state index contributed by atoms with van der Waals surface area (Å²) in [6.45, 7) is 8.48. The predicted octanol–water partition coefficient (Wildman–Crippen LogP) is 3.75. The smallest absolute Gasteiger partial charge is 0.187 e. The van der Waals surface area contributed by atoms with E-state index in [1.807, 2.05) is 38.2 Å². The van der Waals surface area contributed by atoms with Crippen LogP contribution in [0.5, 0.6) is 0 Å². The van der Waals surface area contributed by atoms with E-state index in [0.29, 0.717) is 6.54 Å². The van der Waals surface area contributed by atoms with Crippen LogP contribution in [0.1, 0.15) is 13.8 Å². The fourth-order valence-electron chi connectivity index (χ4n) is 0.954. The summed E-state index contributed by atoms with van der Waals surface area (Å²) < 4.78 is 0. The van der Waals surface area contributed by atoms with E-state index in [1.54, 1.807) is 18.0 Å². The van der Waals surface area contributed by atoms with E-state index in [-0.39, 0.29) is 0 Å². The lowest BCUT2D eigenvalue weighted by Crippen LogP contribution is -1.87. The zero-order valence-electron chi connectivity index (χ0n) is 9.68. The first kappa shape index (κ1) is 12.7. The normalized spacial score (nSPS) is 17.0. The number of aliphatic imine (C=N–C) groups is 2. The van der Waals surface area contributed by atoms with Gasteiger partial charge in [-0.3, -0.25) is 4.99 Å². The minimum Gasteiger partial charge on any atom is -0.256 e. The molecule has 0 saturated carbocycles. The van der Waals surface area contributed by atoms with Gasteiger partial charge in [0.25, 0.3) is 0 Å². The molecule has 0 amide bonds. The standard InChI is InChI=1S/C13H16N2S/c1-4-11(2)7-8-12(3)16-13-14-9-5-6-10-15-13/h4-9H,1,10H2,2-3H3/b11-7-,12-8+. The van der Waals surface area contributed by atoms with Gasteiger partial charge in [0.1, 0.15) is 0 Å². The van der Waals surface area contributed by atoms with E-state index < -0.39 is 0 Å². The molecular weight excluding hydrogens is 216 g/mol. The highest BCUT2D eigenvalue weighted by Gasteiger charge is 1.99. The summed E-state index contributed by atoms with van der Waals surface area (Å²) in [5.74, 6) is 0. The van der Waals surface area contributed by atoms with Crippen LogP contribution < -0.4 is 0 Å². The molecule has 1 rings (SSSR count). The van der Waals surface area contributed by atoms with Gasteiger partial charge in [-0.1, -0.05) is 48.2 Å². The topological polar surface area (TPSA) is 24.7 Å². The van der Waals surface area contributed by atoms with Gasteiger partial charge in [0.05, 0.1) is 6.54 Å². The molecule has 0 bridgehead atoms. The number of rotatable bonds is 3. The van der Waals surface area contributed by atoms with E-state index in [4.69, 9.17) is 0 Å². The van der Waals surface area contributed by atoms with Crippen molar-refractivity contribution in [3.05, 3.63) is 47.4 Å². The first-order chi connectivity index (χ1) is 7.72. The molecule has 0 aromatic rings. The molecule has 0 aliphatic carbocycles. The van der Waals surface area contributed by atoms with Crippen molar-refractivity contribution in [1.29, 1.82) is 0 Å². The van der Waals surface area contributed by atoms with Crippen LogP contribution in [-0.4, -0.2) is 17.9 Å². The van der Waals surface area contributed by atoms with E-state index in [0.717, 1.165) is 10.7 Å². The van der Waals surface area contributed by atoms with Crippen molar-refractivity contribution < 1.29 is 0 Å². The molecule has 0 spiro atoms. The van der Waals surface area contributed by atoms with Crippen molar-refractivity contribution in [2.24, 2.45) is 9.98 Å². The van der Waals surface area contributed by atoms with Crippen molar-refractivity contribution >= 4 is 23.1 Å². The Balaban J connectivity index is 2.60. The summed E-state index contributed by atoms with van der Waals surface area (Å²) in [5, 5.41) is 0.809. The maximum atomic E-state index is 4.32. The molecule has 3 heteroatoms. The Labute approximate surface area is 101 Å². The van der Waals surface area contributed by atoms with E-state index in [9.17, 15) is 0 Å². The molecule has 0 aromatic carbocycles. The first-order valence-corrected chi connectivity index (χ1v) is 5.93. The molecule has 2 nitrogen and oxygen atoms in total. The zero-order chi connectivity index (χ0) is 11.8. The number of allylic oxidation sites excluding steroid dienone is 6. The summed E-state index contributed by atoms with van der Waals surface area (Å²) in [4.78, 5) is 9.72. The Morgan fingerprint density at radius 1 is 1.44 bits per heavy atom. The minimum absolute atomic E-state index is 0.705. The Hall–Kier alpha value is -1.35. The Kier molecular flexibility index (Phi) is 5.57. The first-order valence-electron chi connectivity index (χ1n) is 5.11. The van der Waals surface area contributed by atoms with Gasteiger partial charge >= 0.3 is 0 Å². The third-order valence-corrected chi connectivity index (χ3v) is 2.77. The van der Waals surface area contributed by atoms with Gasteiger partial charge in [-0.15, -0.1) is 0 Å². The van der Waals surface area contributed by atoms with Crippen LogP contribution in [0.25, 0.3) is 0 Å². The van der Waals surface area contributed by atoms with Crippen LogP contribution in [-0.2, 0) is 0 Å². The largest absolute Gasteiger partial charge is 0.256 e. The Morgan fingerprint density at radius 2 is 2.25 bits per heavy atom. The minimum atomic E-state index is 0.705. The monoisotopic (exact) mass is 232 g/mol. The van der Waals surface area contributed by atoms with Gasteiger partial charge in [-0.2, -0.15) is 0 Å². The molecule has 1 heterocycles. The van der Waals surface area contributed by atoms with Crippen LogP contribution in [0.2, 0.25) is 0 Å². The van der Waals surface area contributed by atoms with Gasteiger partial charge in [0, 0.05) is 6.21 Å². The van der Waals surface area contributed by atoms with Crippen molar-refractivity contribution in [1.82, 2.24) is 0 Å². The molecule has 0 unspecified atom stereocenters. The molecule has 0 N–H and O–H groups in total. The second kappa shape index (κ2) is 7.01. The molecule has 0 saturated heterocycles. The van der Waals surface area contributed by atoms with Crippen molar-refractivity contribution in [3.63, 3.8) is 0 Å². The third kappa shape index (κ3) is 4.94. The van der Waals surface area contributed by atoms with Crippen molar-refractivity contribution in [3.8, 4) is 0 Å². The Morgan fingerprint density at radius 3 is 3.00 bits per heavy atom. The molecule has 84 valence electrons. The van der Waals surface area contributed by atoms with Crippen LogP contribution in [0, 0.1) is 0 Å². The van der Waals surface area contributed by atoms with Gasteiger partial charge in [0.15, 0.2) is 5.17 Å². The molecule has 1 aliphatic heterocycles. The van der Waals surface area contributed by atoms with Gasteiger partial charge in [-0.25, -0.2) is 4.99 Å². The van der Waals surface area contributed by atoms with E-state index in [2.05, 4.69) is 22.6 Å². The number of amidine groups is 1. The zero-order valence-corrected chi connectivity index (χ0v) is 10.5. The van der Waals surface area contributed by atoms with Crippen molar-refractivity contribution in [2.75, 3.05) is 6.54 Å². The summed E-state index contributed by atoms with van der Waals surface area (Å²) in [5.41, 5.74) is 1.15. The fourth-order valence-corrected chi connectivity index (χ4v) is 1.63. The van der Waals surface area contributed by atoms with E-state index >= 15 is 0 Å². The summed E-state index contributed by atoms with van der Waals surface area (Å²) in [6, 6.07) is 0. The van der Waals surface area contributed by atoms with Crippen molar-refractivity contribution in [2.45, 2.75) is 13.8 Å². The SMILES string of the molecule is C=C/C(C)=C\C=C(/C)SC1=NCC=CC=N1. The summed E-state index contributed by atoms with van der Waals surface area (Å²) >= 11 is 1.58. The van der Waals surface area contributed by atoms with Crippen LogP contribution in [0.15, 0.2) is 57.4 Å². The molecule has 16 heavy (non-hydrogen) atoms. The highest BCUT2D eigenvalue weighted by Crippen LogP contribution is 2.18. The quantitative estimate of drug-likeness (QED) is 0.680. The second-order valence-corrected chi connectivity index (χ2v) is 4.54. The lowest BCUT2D eigenvalue weighted by atomic mass is 10.3. The molecule has 0 aromatic heterocycles. The second-order valence-electron chi connectivity index (χ2n) is 3.32. The highest BCUT2D eigenvalue weighted by molar-refractivity contribution is 8.17. The molecule has 1 aliphatic rings. The molecule has 0 atom stereocenters. The highest BCUT2D eigenvalue weighted by atomic mass is 32.2. The number of nitrogens with zero attached hydrogens (tertiary/aromatic N) is 2. The van der Waals surface area contributed by atoms with E-state index in [1.165, 1.54) is 4.91 Å². The van der Waals surface area contributed by atoms with Crippen LogP contribution >= 0.6 is 11.8 Å². The maximum absolute atomic E-state index is 4.32. The average molecular weight is 232 g/mol. The number of hydrogen-bond donors (Lipinski definition) is 0. The summed E-state index contributed by atoms with van der Waals surface area (Å²) in [6.07, 6.45) is 11.6. The molecular formula is C13H16N2S. The number of hydrogen-bond acceptors (Lipinski definition) is 3. The summed E-state index contributed by atoms with van der Waals surface area (Å²) in [7, 11) is 0. The Bertz CT molecular complexity index is 398. The van der Waals surface area contributed by atoms with Gasteiger partial charge in [0.2, 0.25) is 0 Å². The van der Waals surface area contributed by atoms with Crippen LogP contribution in [0.4, 0.5) is 0 Å². The maximum Gasteiger partial charge on any atom is 0.187 e. The van der Waals surface area contributed by atoms with Gasteiger partial charge < -0.3 is 0 Å². The van der Waals surface area contributed by atoms with Crippen LogP contribution in [0.3, 0.4) is 0 Å². The molecule has 0 radical (unpaired) electrons. The molecule has 0 fully saturated rings.